The zero-order valence-corrected chi connectivity index (χ0v) is 9.29. The van der Waals surface area contributed by atoms with Crippen molar-refractivity contribution in [2.24, 2.45) is 17.3 Å². The van der Waals surface area contributed by atoms with Crippen LogP contribution in [0, 0.1) is 29.1 Å². The van der Waals surface area contributed by atoms with Crippen molar-refractivity contribution in [2.75, 3.05) is 0 Å². The van der Waals surface area contributed by atoms with Crippen LogP contribution in [0.1, 0.15) is 34.1 Å². The van der Waals surface area contributed by atoms with E-state index in [-0.39, 0.29) is 23.0 Å². The highest BCUT2D eigenvalue weighted by molar-refractivity contribution is 5.86. The lowest BCUT2D eigenvalue weighted by molar-refractivity contribution is -0.140. The fourth-order valence-corrected chi connectivity index (χ4v) is 2.35. The molecule has 1 saturated carbocycles. The van der Waals surface area contributed by atoms with E-state index in [2.05, 4.69) is 25.7 Å². The summed E-state index contributed by atoms with van der Waals surface area (Å²) in [5, 5.41) is 9.57. The zero-order chi connectivity index (χ0) is 10.9. The number of aliphatic hydroxyl groups excluding tert-OH is 1. The Morgan fingerprint density at radius 2 is 2.07 bits per heavy atom. The Morgan fingerprint density at radius 3 is 2.57 bits per heavy atom. The van der Waals surface area contributed by atoms with Crippen LogP contribution in [0.25, 0.3) is 0 Å². The van der Waals surface area contributed by atoms with Crippen LogP contribution in [-0.4, -0.2) is 17.0 Å². The third-order valence-electron chi connectivity index (χ3n) is 3.14. The van der Waals surface area contributed by atoms with Gasteiger partial charge in [-0.25, -0.2) is 0 Å². The summed E-state index contributed by atoms with van der Waals surface area (Å²) in [4.78, 5) is 11.6. The predicted molar refractivity (Wildman–Crippen MR) is 55.5 cm³/mol. The lowest BCUT2D eigenvalue weighted by atomic mass is 9.63. The maximum Gasteiger partial charge on any atom is 0.165 e. The van der Waals surface area contributed by atoms with Gasteiger partial charge >= 0.3 is 0 Å². The van der Waals surface area contributed by atoms with Gasteiger partial charge in [-0.15, -0.1) is 5.92 Å². The first-order chi connectivity index (χ1) is 6.40. The third-order valence-corrected chi connectivity index (χ3v) is 3.14. The van der Waals surface area contributed by atoms with Crippen LogP contribution in [0.4, 0.5) is 0 Å². The van der Waals surface area contributed by atoms with Gasteiger partial charge in [0.05, 0.1) is 0 Å². The van der Waals surface area contributed by atoms with Gasteiger partial charge in [-0.3, -0.25) is 4.79 Å². The van der Waals surface area contributed by atoms with Gasteiger partial charge < -0.3 is 5.11 Å². The SMILES string of the molecule is CC#CC1C(C)C(=O)C(O)CC1(C)C. The Morgan fingerprint density at radius 1 is 1.50 bits per heavy atom. The topological polar surface area (TPSA) is 37.3 Å². The minimum Gasteiger partial charge on any atom is -0.385 e. The van der Waals surface area contributed by atoms with E-state index in [1.54, 1.807) is 6.92 Å². The highest BCUT2D eigenvalue weighted by Crippen LogP contribution is 2.41. The van der Waals surface area contributed by atoms with Crippen LogP contribution < -0.4 is 0 Å². The Hall–Kier alpha value is -0.810. The fraction of sp³-hybridized carbons (Fsp3) is 0.750. The summed E-state index contributed by atoms with van der Waals surface area (Å²) in [6.45, 7) is 7.78. The van der Waals surface area contributed by atoms with Gasteiger partial charge in [-0.2, -0.15) is 0 Å². The van der Waals surface area contributed by atoms with Crippen molar-refractivity contribution in [1.29, 1.82) is 0 Å². The number of hydrogen-bond acceptors (Lipinski definition) is 2. The van der Waals surface area contributed by atoms with Crippen molar-refractivity contribution in [2.45, 2.75) is 40.2 Å². The van der Waals surface area contributed by atoms with E-state index in [0.717, 1.165) is 0 Å². The van der Waals surface area contributed by atoms with E-state index in [0.29, 0.717) is 6.42 Å². The van der Waals surface area contributed by atoms with Crippen LogP contribution in [-0.2, 0) is 4.79 Å². The van der Waals surface area contributed by atoms with Crippen LogP contribution >= 0.6 is 0 Å². The molecule has 2 nitrogen and oxygen atoms in total. The summed E-state index contributed by atoms with van der Waals surface area (Å²) in [5.41, 5.74) is -0.0737. The molecule has 1 rings (SSSR count). The molecule has 0 saturated heterocycles. The summed E-state index contributed by atoms with van der Waals surface area (Å²) in [6, 6.07) is 0. The normalized spacial score (nSPS) is 36.1. The quantitative estimate of drug-likeness (QED) is 0.595. The van der Waals surface area contributed by atoms with Crippen molar-refractivity contribution in [1.82, 2.24) is 0 Å². The Balaban J connectivity index is 3.00. The first-order valence-corrected chi connectivity index (χ1v) is 5.04. The minimum absolute atomic E-state index is 0.0583. The van der Waals surface area contributed by atoms with Crippen LogP contribution in [0.15, 0.2) is 0 Å². The number of Topliss-reactive ketones (excluding diaryl/α,β-unsaturated/α-hetero) is 1. The number of rotatable bonds is 0. The van der Waals surface area contributed by atoms with Gasteiger partial charge in [0.15, 0.2) is 5.78 Å². The maximum atomic E-state index is 11.6. The maximum absolute atomic E-state index is 11.6. The summed E-state index contributed by atoms with van der Waals surface area (Å²) >= 11 is 0. The smallest absolute Gasteiger partial charge is 0.165 e. The molecule has 0 radical (unpaired) electrons. The third kappa shape index (κ3) is 1.83. The molecular weight excluding hydrogens is 176 g/mol. The lowest BCUT2D eigenvalue weighted by Gasteiger charge is -2.41. The van der Waals surface area contributed by atoms with E-state index in [1.807, 2.05) is 6.92 Å². The average molecular weight is 194 g/mol. The molecule has 0 aromatic heterocycles. The molecule has 0 aromatic carbocycles. The van der Waals surface area contributed by atoms with E-state index in [4.69, 9.17) is 0 Å². The highest BCUT2D eigenvalue weighted by atomic mass is 16.3. The molecule has 0 bridgehead atoms. The largest absolute Gasteiger partial charge is 0.385 e. The number of ketones is 1. The molecule has 1 aliphatic carbocycles. The number of aliphatic hydroxyl groups is 1. The molecule has 0 amide bonds. The Labute approximate surface area is 85.7 Å². The van der Waals surface area contributed by atoms with E-state index >= 15 is 0 Å². The second kappa shape index (κ2) is 3.74. The van der Waals surface area contributed by atoms with Crippen molar-refractivity contribution in [3.8, 4) is 11.8 Å². The van der Waals surface area contributed by atoms with Crippen molar-refractivity contribution in [3.05, 3.63) is 0 Å². The molecule has 1 N–H and O–H groups in total. The molecule has 3 atom stereocenters. The monoisotopic (exact) mass is 194 g/mol. The molecule has 1 aliphatic rings. The summed E-state index contributed by atoms with van der Waals surface area (Å²) < 4.78 is 0. The van der Waals surface area contributed by atoms with Crippen molar-refractivity contribution in [3.63, 3.8) is 0 Å². The Bertz CT molecular complexity index is 293. The van der Waals surface area contributed by atoms with Gasteiger partial charge in [0.1, 0.15) is 6.10 Å². The average Bonchev–Trinajstić information content (AvgIpc) is 2.08. The van der Waals surface area contributed by atoms with Gasteiger partial charge in [0, 0.05) is 11.8 Å². The molecule has 2 heteroatoms. The lowest BCUT2D eigenvalue weighted by Crippen LogP contribution is -2.46. The molecule has 0 spiro atoms. The van der Waals surface area contributed by atoms with Gasteiger partial charge in [0.2, 0.25) is 0 Å². The van der Waals surface area contributed by atoms with Gasteiger partial charge in [-0.05, 0) is 18.8 Å². The van der Waals surface area contributed by atoms with Crippen molar-refractivity contribution < 1.29 is 9.90 Å². The first-order valence-electron chi connectivity index (χ1n) is 5.04. The van der Waals surface area contributed by atoms with Crippen molar-refractivity contribution >= 4 is 5.78 Å². The number of carbonyl (C=O) groups excluding carboxylic acids is 1. The summed E-state index contributed by atoms with van der Waals surface area (Å²) in [6.07, 6.45) is -0.273. The Kier molecular flexibility index (Phi) is 3.01. The minimum atomic E-state index is -0.796. The van der Waals surface area contributed by atoms with E-state index in [1.165, 1.54) is 0 Å². The van der Waals surface area contributed by atoms with Crippen LogP contribution in [0.3, 0.4) is 0 Å². The zero-order valence-electron chi connectivity index (χ0n) is 9.29. The molecule has 1 fully saturated rings. The standard InChI is InChI=1S/C12H18O2/c1-5-6-9-8(2)11(14)10(13)7-12(9,3)4/h8-10,13H,7H2,1-4H3. The predicted octanol–water partition coefficient (Wildman–Crippen LogP) is 1.62. The van der Waals surface area contributed by atoms with Gasteiger partial charge in [0.25, 0.3) is 0 Å². The summed E-state index contributed by atoms with van der Waals surface area (Å²) in [7, 11) is 0. The first kappa shape index (κ1) is 11.3. The molecule has 14 heavy (non-hydrogen) atoms. The molecule has 0 aliphatic heterocycles. The summed E-state index contributed by atoms with van der Waals surface area (Å²) in [5.74, 6) is 5.83. The fourth-order valence-electron chi connectivity index (χ4n) is 2.35. The molecule has 78 valence electrons. The second-order valence-corrected chi connectivity index (χ2v) is 4.77. The van der Waals surface area contributed by atoms with Gasteiger partial charge in [-0.1, -0.05) is 26.7 Å². The highest BCUT2D eigenvalue weighted by Gasteiger charge is 2.44. The molecule has 0 heterocycles. The van der Waals surface area contributed by atoms with E-state index in [9.17, 15) is 9.90 Å². The van der Waals surface area contributed by atoms with Crippen LogP contribution in [0.2, 0.25) is 0 Å². The number of hydrogen-bond donors (Lipinski definition) is 1. The van der Waals surface area contributed by atoms with E-state index < -0.39 is 6.10 Å². The number of carbonyl (C=O) groups is 1. The molecule has 0 aromatic rings. The molecular formula is C12H18O2. The second-order valence-electron chi connectivity index (χ2n) is 4.77. The molecule has 3 unspecified atom stereocenters. The van der Waals surface area contributed by atoms with Crippen LogP contribution in [0.5, 0.6) is 0 Å².